The zero-order valence-corrected chi connectivity index (χ0v) is 15.8. The van der Waals surface area contributed by atoms with Crippen LogP contribution in [0.2, 0.25) is 0 Å². The Bertz CT molecular complexity index is 1510. The Morgan fingerprint density at radius 3 is 2.52 bits per heavy atom. The van der Waals surface area contributed by atoms with Crippen molar-refractivity contribution in [1.82, 2.24) is 14.5 Å². The molecule has 3 heterocycles. The van der Waals surface area contributed by atoms with Crippen LogP contribution in [-0.4, -0.2) is 14.5 Å². The monoisotopic (exact) mass is 375 g/mol. The van der Waals surface area contributed by atoms with Crippen molar-refractivity contribution in [2.75, 3.05) is 0 Å². The average molecular weight is 375 g/mol. The maximum absolute atomic E-state index is 6.27. The van der Waals surface area contributed by atoms with Gasteiger partial charge in [0, 0.05) is 22.7 Å². The first kappa shape index (κ1) is 16.1. The molecule has 4 nitrogen and oxygen atoms in total. The Kier molecular flexibility index (Phi) is 3.35. The Morgan fingerprint density at radius 1 is 0.828 bits per heavy atom. The van der Waals surface area contributed by atoms with E-state index in [0.717, 1.165) is 55.7 Å². The van der Waals surface area contributed by atoms with E-state index < -0.39 is 0 Å². The van der Waals surface area contributed by atoms with Crippen LogP contribution in [-0.2, 0) is 0 Å². The zero-order chi connectivity index (χ0) is 19.4. The van der Waals surface area contributed by atoms with E-state index in [1.807, 2.05) is 49.5 Å². The van der Waals surface area contributed by atoms with Crippen LogP contribution in [0.1, 0.15) is 5.56 Å². The molecule has 0 radical (unpaired) electrons. The fourth-order valence-corrected chi connectivity index (χ4v) is 3.99. The van der Waals surface area contributed by atoms with Crippen molar-refractivity contribution in [3.8, 4) is 17.1 Å². The Balaban J connectivity index is 1.74. The van der Waals surface area contributed by atoms with Gasteiger partial charge in [0.2, 0.25) is 0 Å². The van der Waals surface area contributed by atoms with Crippen molar-refractivity contribution < 1.29 is 4.42 Å². The molecule has 138 valence electrons. The lowest BCUT2D eigenvalue weighted by atomic mass is 10.1. The fraction of sp³-hybridized carbons (Fsp3) is 0.0400. The molecule has 6 rings (SSSR count). The molecule has 0 unspecified atom stereocenters. The minimum atomic E-state index is 0.828. The SMILES string of the molecule is Cc1cnc2c(c1)nc(-c1cccc3c1oc1ccccc13)n2-c1ccccc1. The second-order valence-corrected chi connectivity index (χ2v) is 7.24. The van der Waals surface area contributed by atoms with E-state index in [-0.39, 0.29) is 0 Å². The predicted molar refractivity (Wildman–Crippen MR) is 116 cm³/mol. The first-order chi connectivity index (χ1) is 14.3. The highest BCUT2D eigenvalue weighted by Gasteiger charge is 2.20. The summed E-state index contributed by atoms with van der Waals surface area (Å²) in [5.74, 6) is 0.828. The van der Waals surface area contributed by atoms with Gasteiger partial charge in [-0.25, -0.2) is 9.97 Å². The molecule has 0 aliphatic heterocycles. The smallest absolute Gasteiger partial charge is 0.164 e. The maximum Gasteiger partial charge on any atom is 0.164 e. The molecule has 0 N–H and O–H groups in total. The summed E-state index contributed by atoms with van der Waals surface area (Å²) in [7, 11) is 0. The summed E-state index contributed by atoms with van der Waals surface area (Å²) in [6.45, 7) is 2.04. The first-order valence-electron chi connectivity index (χ1n) is 9.61. The highest BCUT2D eigenvalue weighted by atomic mass is 16.3. The van der Waals surface area contributed by atoms with Crippen LogP contribution in [0.25, 0.3) is 50.2 Å². The van der Waals surface area contributed by atoms with Gasteiger partial charge >= 0.3 is 0 Å². The largest absolute Gasteiger partial charge is 0.455 e. The lowest BCUT2D eigenvalue weighted by Gasteiger charge is -2.09. The van der Waals surface area contributed by atoms with Gasteiger partial charge in [0.05, 0.1) is 5.56 Å². The van der Waals surface area contributed by atoms with E-state index in [0.29, 0.717) is 0 Å². The molecule has 0 fully saturated rings. The maximum atomic E-state index is 6.27. The number of benzene rings is 3. The average Bonchev–Trinajstić information content (AvgIpc) is 3.32. The van der Waals surface area contributed by atoms with Crippen LogP contribution in [0.15, 0.2) is 89.5 Å². The van der Waals surface area contributed by atoms with Gasteiger partial charge in [-0.05, 0) is 42.8 Å². The van der Waals surface area contributed by atoms with E-state index in [1.165, 1.54) is 0 Å². The molecule has 0 amide bonds. The molecule has 3 aromatic heterocycles. The van der Waals surface area contributed by atoms with Crippen LogP contribution in [0.5, 0.6) is 0 Å². The molecule has 0 atom stereocenters. The summed E-state index contributed by atoms with van der Waals surface area (Å²) >= 11 is 0. The van der Waals surface area contributed by atoms with E-state index in [1.54, 1.807) is 0 Å². The van der Waals surface area contributed by atoms with E-state index in [2.05, 4.69) is 47.0 Å². The van der Waals surface area contributed by atoms with Gasteiger partial charge < -0.3 is 4.42 Å². The number of fused-ring (bicyclic) bond motifs is 4. The van der Waals surface area contributed by atoms with Gasteiger partial charge in [-0.2, -0.15) is 0 Å². The second kappa shape index (κ2) is 6.04. The van der Waals surface area contributed by atoms with Crippen molar-refractivity contribution in [2.24, 2.45) is 0 Å². The normalized spacial score (nSPS) is 11.6. The number of para-hydroxylation sites is 3. The van der Waals surface area contributed by atoms with Crippen LogP contribution in [0.4, 0.5) is 0 Å². The third-order valence-corrected chi connectivity index (χ3v) is 5.29. The summed E-state index contributed by atoms with van der Waals surface area (Å²) in [6.07, 6.45) is 1.88. The molecule has 0 saturated heterocycles. The van der Waals surface area contributed by atoms with Crippen molar-refractivity contribution in [3.05, 3.63) is 90.6 Å². The molecule has 3 aromatic carbocycles. The highest BCUT2D eigenvalue weighted by Crippen LogP contribution is 2.37. The summed E-state index contributed by atoms with van der Waals surface area (Å²) in [6, 6.07) is 26.7. The molecule has 0 spiro atoms. The topological polar surface area (TPSA) is 43.9 Å². The van der Waals surface area contributed by atoms with E-state index in [9.17, 15) is 0 Å². The summed E-state index contributed by atoms with van der Waals surface area (Å²) < 4.78 is 8.38. The summed E-state index contributed by atoms with van der Waals surface area (Å²) in [5, 5.41) is 2.20. The van der Waals surface area contributed by atoms with Gasteiger partial charge in [-0.1, -0.05) is 48.5 Å². The minimum Gasteiger partial charge on any atom is -0.455 e. The number of rotatable bonds is 2. The minimum absolute atomic E-state index is 0.828. The molecular weight excluding hydrogens is 358 g/mol. The van der Waals surface area contributed by atoms with Gasteiger partial charge in [0.15, 0.2) is 11.5 Å². The molecule has 0 aliphatic rings. The Morgan fingerprint density at radius 2 is 1.62 bits per heavy atom. The van der Waals surface area contributed by atoms with Crippen molar-refractivity contribution in [3.63, 3.8) is 0 Å². The van der Waals surface area contributed by atoms with E-state index >= 15 is 0 Å². The number of furan rings is 1. The van der Waals surface area contributed by atoms with E-state index in [4.69, 9.17) is 14.4 Å². The number of pyridine rings is 1. The highest BCUT2D eigenvalue weighted by molar-refractivity contribution is 6.09. The van der Waals surface area contributed by atoms with Crippen LogP contribution in [0, 0.1) is 6.92 Å². The van der Waals surface area contributed by atoms with Gasteiger partial charge in [0.25, 0.3) is 0 Å². The third-order valence-electron chi connectivity index (χ3n) is 5.29. The zero-order valence-electron chi connectivity index (χ0n) is 15.8. The van der Waals surface area contributed by atoms with Gasteiger partial charge in [-0.15, -0.1) is 0 Å². The third kappa shape index (κ3) is 2.39. The number of aromatic nitrogens is 3. The predicted octanol–water partition coefficient (Wildman–Crippen LogP) is 6.30. The Hall–Kier alpha value is -3.92. The molecule has 4 heteroatoms. The number of imidazole rings is 1. The molecule has 0 bridgehead atoms. The van der Waals surface area contributed by atoms with Crippen LogP contribution >= 0.6 is 0 Å². The lowest BCUT2D eigenvalue weighted by molar-refractivity contribution is 0.669. The summed E-state index contributed by atoms with van der Waals surface area (Å²) in [5.41, 5.74) is 6.50. The summed E-state index contributed by atoms with van der Waals surface area (Å²) in [4.78, 5) is 9.68. The molecule has 6 aromatic rings. The lowest BCUT2D eigenvalue weighted by Crippen LogP contribution is -1.98. The quantitative estimate of drug-likeness (QED) is 0.357. The standard InChI is InChI=1S/C25H17N3O/c1-16-14-21-25(26-15-16)28(17-8-3-2-4-9-17)24(27-21)20-12-7-11-19-18-10-5-6-13-22(18)29-23(19)20/h2-15H,1H3. The second-order valence-electron chi connectivity index (χ2n) is 7.24. The molecule has 0 saturated carbocycles. The van der Waals surface area contributed by atoms with Crippen LogP contribution < -0.4 is 0 Å². The van der Waals surface area contributed by atoms with Crippen molar-refractivity contribution in [2.45, 2.75) is 6.92 Å². The number of hydrogen-bond acceptors (Lipinski definition) is 3. The van der Waals surface area contributed by atoms with Crippen LogP contribution in [0.3, 0.4) is 0 Å². The Labute approximate surface area is 167 Å². The molecule has 0 aliphatic carbocycles. The number of aryl methyl sites for hydroxylation is 1. The van der Waals surface area contributed by atoms with Crippen molar-refractivity contribution >= 4 is 33.1 Å². The molecule has 29 heavy (non-hydrogen) atoms. The first-order valence-corrected chi connectivity index (χ1v) is 9.61. The molecular formula is C25H17N3O. The number of hydrogen-bond donors (Lipinski definition) is 0. The number of nitrogens with zero attached hydrogens (tertiary/aromatic N) is 3. The van der Waals surface area contributed by atoms with Crippen molar-refractivity contribution in [1.29, 1.82) is 0 Å². The van der Waals surface area contributed by atoms with Gasteiger partial charge in [-0.3, -0.25) is 4.57 Å². The van der Waals surface area contributed by atoms with Gasteiger partial charge in [0.1, 0.15) is 16.7 Å². The fourth-order valence-electron chi connectivity index (χ4n) is 3.99.